The molecule has 186 valence electrons. The highest BCUT2D eigenvalue weighted by molar-refractivity contribution is 7.47. The first kappa shape index (κ1) is 30.5. The van der Waals surface area contributed by atoms with E-state index in [4.69, 9.17) is 9.05 Å². The molecule has 0 aliphatic rings. The lowest BCUT2D eigenvalue weighted by atomic mass is 10.0. The number of phosphoric acid groups is 1. The zero-order valence-electron chi connectivity index (χ0n) is 20.5. The van der Waals surface area contributed by atoms with Crippen LogP contribution in [0, 0.1) is 0 Å². The van der Waals surface area contributed by atoms with Crippen molar-refractivity contribution in [3.8, 4) is 0 Å². The van der Waals surface area contributed by atoms with Gasteiger partial charge in [0, 0.05) is 6.42 Å². The van der Waals surface area contributed by atoms with Crippen molar-refractivity contribution >= 4 is 13.7 Å². The van der Waals surface area contributed by atoms with Crippen molar-refractivity contribution < 1.29 is 32.9 Å². The van der Waals surface area contributed by atoms with E-state index in [1.165, 1.54) is 25.7 Å². The summed E-state index contributed by atoms with van der Waals surface area (Å²) in [4.78, 5) is 22.1. The normalized spacial score (nSPS) is 16.0. The number of amides is 1. The molecule has 0 aromatic rings. The number of likely N-dealkylation sites (N-methyl/N-ethyl adjacent to an activating group) is 1. The van der Waals surface area contributed by atoms with E-state index in [1.54, 1.807) is 0 Å². The minimum Gasteiger partial charge on any atom is -0.391 e. The zero-order chi connectivity index (χ0) is 23.8. The maximum Gasteiger partial charge on any atom is 0.472 e. The second-order valence-corrected chi connectivity index (χ2v) is 10.8. The minimum absolute atomic E-state index is 0.0748. The lowest BCUT2D eigenvalue weighted by Gasteiger charge is -2.26. The number of phosphoric ester groups is 1. The summed E-state index contributed by atoms with van der Waals surface area (Å²) in [5.41, 5.74) is 0. The van der Waals surface area contributed by atoms with E-state index in [0.29, 0.717) is 23.9 Å². The van der Waals surface area contributed by atoms with E-state index >= 15 is 0 Å². The number of unbranched alkanes of at least 4 members (excludes halogenated alkanes) is 7. The third-order valence-electron chi connectivity index (χ3n) is 5.11. The predicted molar refractivity (Wildman–Crippen MR) is 125 cm³/mol. The molecule has 0 fully saturated rings. The van der Waals surface area contributed by atoms with Crippen molar-refractivity contribution in [1.29, 1.82) is 0 Å². The molecular formula is C22H48N2O6P+. The second-order valence-electron chi connectivity index (χ2n) is 9.37. The molecule has 1 amide bonds. The summed E-state index contributed by atoms with van der Waals surface area (Å²) >= 11 is 0. The third-order valence-corrected chi connectivity index (χ3v) is 6.09. The average molecular weight is 468 g/mol. The van der Waals surface area contributed by atoms with E-state index in [9.17, 15) is 19.4 Å². The number of quaternary nitrogens is 1. The van der Waals surface area contributed by atoms with Gasteiger partial charge < -0.3 is 19.8 Å². The summed E-state index contributed by atoms with van der Waals surface area (Å²) in [6.07, 6.45) is 9.55. The Hall–Kier alpha value is -0.500. The number of nitrogens with zero attached hydrogens (tertiary/aromatic N) is 1. The lowest BCUT2D eigenvalue weighted by molar-refractivity contribution is -0.870. The number of aliphatic hydroxyl groups excluding tert-OH is 1. The molecular weight excluding hydrogens is 419 g/mol. The number of carbonyl (C=O) groups is 1. The molecule has 0 aliphatic heterocycles. The van der Waals surface area contributed by atoms with Gasteiger partial charge in [-0.2, -0.15) is 0 Å². The standard InChI is InChI=1S/C22H47N2O6P/c1-6-8-10-11-12-13-14-15-21(25)20(23-22(26)16-9-7-2)19-30-31(27,28)29-18-17-24(3,4)5/h20-21,25H,6-19H2,1-5H3,(H-,23,26,27,28)/p+1. The molecule has 0 radical (unpaired) electrons. The van der Waals surface area contributed by atoms with Gasteiger partial charge in [-0.1, -0.05) is 65.2 Å². The highest BCUT2D eigenvalue weighted by Gasteiger charge is 2.28. The molecule has 3 N–H and O–H groups in total. The Bertz CT molecular complexity index is 513. The molecule has 0 saturated heterocycles. The van der Waals surface area contributed by atoms with Crippen LogP contribution in [-0.2, 0) is 18.4 Å². The predicted octanol–water partition coefficient (Wildman–Crippen LogP) is 4.00. The van der Waals surface area contributed by atoms with Crippen LogP contribution in [0.5, 0.6) is 0 Å². The average Bonchev–Trinajstić information content (AvgIpc) is 2.67. The smallest absolute Gasteiger partial charge is 0.391 e. The van der Waals surface area contributed by atoms with Gasteiger partial charge in [0.05, 0.1) is 39.9 Å². The maximum atomic E-state index is 12.2. The zero-order valence-corrected chi connectivity index (χ0v) is 21.4. The molecule has 0 heterocycles. The van der Waals surface area contributed by atoms with Crippen LogP contribution in [0.15, 0.2) is 0 Å². The van der Waals surface area contributed by atoms with Crippen molar-refractivity contribution in [2.75, 3.05) is 40.9 Å². The lowest BCUT2D eigenvalue weighted by Crippen LogP contribution is -2.46. The first-order valence-corrected chi connectivity index (χ1v) is 13.4. The number of rotatable bonds is 20. The van der Waals surface area contributed by atoms with Gasteiger partial charge in [0.2, 0.25) is 5.91 Å². The van der Waals surface area contributed by atoms with Crippen molar-refractivity contribution in [1.82, 2.24) is 5.32 Å². The van der Waals surface area contributed by atoms with Gasteiger partial charge in [0.15, 0.2) is 0 Å². The van der Waals surface area contributed by atoms with Crippen LogP contribution in [0.1, 0.15) is 84.5 Å². The SMILES string of the molecule is CCCCCCCCCC(O)C(COP(=O)(O)OCC[N+](C)(C)C)NC(=O)CCCC. The first-order chi connectivity index (χ1) is 14.5. The molecule has 0 aromatic carbocycles. The van der Waals surface area contributed by atoms with Gasteiger partial charge in [0.25, 0.3) is 0 Å². The molecule has 0 bridgehead atoms. The molecule has 9 heteroatoms. The van der Waals surface area contributed by atoms with Crippen LogP contribution in [0.3, 0.4) is 0 Å². The van der Waals surface area contributed by atoms with Crippen LogP contribution in [0.25, 0.3) is 0 Å². The molecule has 3 atom stereocenters. The summed E-state index contributed by atoms with van der Waals surface area (Å²) in [5, 5.41) is 13.4. The number of carbonyl (C=O) groups excluding carboxylic acids is 1. The minimum atomic E-state index is -4.26. The highest BCUT2D eigenvalue weighted by Crippen LogP contribution is 2.43. The van der Waals surface area contributed by atoms with E-state index < -0.39 is 20.0 Å². The molecule has 0 rings (SSSR count). The van der Waals surface area contributed by atoms with Crippen molar-refractivity contribution in [2.24, 2.45) is 0 Å². The number of nitrogens with one attached hydrogen (secondary N) is 1. The third kappa shape index (κ3) is 18.7. The summed E-state index contributed by atoms with van der Waals surface area (Å²) < 4.78 is 22.9. The van der Waals surface area contributed by atoms with Crippen LogP contribution in [0.2, 0.25) is 0 Å². The van der Waals surface area contributed by atoms with Gasteiger partial charge in [-0.15, -0.1) is 0 Å². The fourth-order valence-electron chi connectivity index (χ4n) is 3.02. The molecule has 0 spiro atoms. The topological polar surface area (TPSA) is 105 Å². The first-order valence-electron chi connectivity index (χ1n) is 11.9. The Kier molecular flexibility index (Phi) is 16.8. The summed E-state index contributed by atoms with van der Waals surface area (Å²) in [6.45, 7) is 4.54. The monoisotopic (exact) mass is 467 g/mol. The molecule has 0 saturated carbocycles. The fourth-order valence-corrected chi connectivity index (χ4v) is 3.75. The van der Waals surface area contributed by atoms with Gasteiger partial charge in [-0.3, -0.25) is 13.8 Å². The Balaban J connectivity index is 4.59. The van der Waals surface area contributed by atoms with Crippen LogP contribution < -0.4 is 5.32 Å². The van der Waals surface area contributed by atoms with E-state index in [1.807, 2.05) is 28.1 Å². The van der Waals surface area contributed by atoms with Crippen LogP contribution in [0.4, 0.5) is 0 Å². The Morgan fingerprint density at radius 2 is 1.55 bits per heavy atom. The Labute approximate surface area is 189 Å². The van der Waals surface area contributed by atoms with Gasteiger partial charge >= 0.3 is 7.82 Å². The van der Waals surface area contributed by atoms with E-state index in [0.717, 1.165) is 32.1 Å². The molecule has 3 unspecified atom stereocenters. The highest BCUT2D eigenvalue weighted by atomic mass is 31.2. The largest absolute Gasteiger partial charge is 0.472 e. The van der Waals surface area contributed by atoms with Crippen molar-refractivity contribution in [3.63, 3.8) is 0 Å². The maximum absolute atomic E-state index is 12.2. The van der Waals surface area contributed by atoms with Crippen molar-refractivity contribution in [3.05, 3.63) is 0 Å². The fraction of sp³-hybridized carbons (Fsp3) is 0.955. The molecule has 8 nitrogen and oxygen atoms in total. The molecule has 0 aromatic heterocycles. The quantitative estimate of drug-likeness (QED) is 0.142. The number of hydrogen-bond acceptors (Lipinski definition) is 5. The summed E-state index contributed by atoms with van der Waals surface area (Å²) in [6, 6.07) is -0.744. The Morgan fingerprint density at radius 3 is 2.13 bits per heavy atom. The Morgan fingerprint density at radius 1 is 0.968 bits per heavy atom. The summed E-state index contributed by atoms with van der Waals surface area (Å²) in [7, 11) is 1.60. The number of aliphatic hydroxyl groups is 1. The van der Waals surface area contributed by atoms with Crippen molar-refractivity contribution in [2.45, 2.75) is 96.6 Å². The van der Waals surface area contributed by atoms with Crippen LogP contribution >= 0.6 is 7.82 Å². The summed E-state index contributed by atoms with van der Waals surface area (Å²) in [5.74, 6) is -0.187. The van der Waals surface area contributed by atoms with Gasteiger partial charge in [-0.05, 0) is 12.8 Å². The van der Waals surface area contributed by atoms with E-state index in [2.05, 4.69) is 12.2 Å². The van der Waals surface area contributed by atoms with E-state index in [-0.39, 0.29) is 19.1 Å². The van der Waals surface area contributed by atoms with Crippen LogP contribution in [-0.4, -0.2) is 73.4 Å². The van der Waals surface area contributed by atoms with Gasteiger partial charge in [0.1, 0.15) is 13.2 Å². The second kappa shape index (κ2) is 17.0. The molecule has 31 heavy (non-hydrogen) atoms. The molecule has 0 aliphatic carbocycles. The van der Waals surface area contributed by atoms with Gasteiger partial charge in [-0.25, -0.2) is 4.57 Å². The number of hydrogen-bond donors (Lipinski definition) is 3.